The monoisotopic (exact) mass is 432 g/mol. The Hall–Kier alpha value is -3.95. The van der Waals surface area contributed by atoms with Gasteiger partial charge in [-0.1, -0.05) is 29.8 Å². The molecule has 5 rings (SSSR count). The van der Waals surface area contributed by atoms with Gasteiger partial charge in [0, 0.05) is 31.3 Å². The van der Waals surface area contributed by atoms with Gasteiger partial charge in [0.05, 0.1) is 25.0 Å². The van der Waals surface area contributed by atoms with E-state index >= 15 is 0 Å². The third kappa shape index (κ3) is 3.24. The number of aryl methyl sites for hydroxylation is 3. The van der Waals surface area contributed by atoms with Gasteiger partial charge in [0.25, 0.3) is 0 Å². The van der Waals surface area contributed by atoms with Gasteiger partial charge in [-0.05, 0) is 13.8 Å². The topological polar surface area (TPSA) is 102 Å². The first-order valence-corrected chi connectivity index (χ1v) is 10.4. The van der Waals surface area contributed by atoms with Crippen LogP contribution in [-0.4, -0.2) is 61.7 Å². The van der Waals surface area contributed by atoms with Gasteiger partial charge >= 0.3 is 6.09 Å². The molecule has 4 aromatic rings. The fraction of sp³-hybridized carbons (Fsp3) is 0.318. The zero-order valence-electron chi connectivity index (χ0n) is 18.4. The quantitative estimate of drug-likeness (QED) is 0.528. The SMILES string of the molecule is COC(=O)NC1CN(c2ncnn3c(C)nc(-c4cnn(C)c4-c4ccc(C)cc4)c23)C1. The average molecular weight is 432 g/mol. The van der Waals surface area contributed by atoms with Gasteiger partial charge in [0.2, 0.25) is 0 Å². The molecular formula is C22H24N8O2. The summed E-state index contributed by atoms with van der Waals surface area (Å²) < 4.78 is 8.37. The predicted octanol–water partition coefficient (Wildman–Crippen LogP) is 2.35. The summed E-state index contributed by atoms with van der Waals surface area (Å²) in [4.78, 5) is 23.0. The fourth-order valence-corrected chi connectivity index (χ4v) is 4.11. The highest BCUT2D eigenvalue weighted by molar-refractivity contribution is 5.92. The van der Waals surface area contributed by atoms with E-state index in [0.29, 0.717) is 13.1 Å². The number of aromatic nitrogens is 6. The Morgan fingerprint density at radius 3 is 2.62 bits per heavy atom. The van der Waals surface area contributed by atoms with Crippen molar-refractivity contribution in [2.75, 3.05) is 25.1 Å². The number of nitrogens with zero attached hydrogens (tertiary/aromatic N) is 7. The molecule has 164 valence electrons. The van der Waals surface area contributed by atoms with Crippen molar-refractivity contribution in [1.29, 1.82) is 0 Å². The summed E-state index contributed by atoms with van der Waals surface area (Å²) in [6.45, 7) is 5.25. The van der Waals surface area contributed by atoms with E-state index in [1.54, 1.807) is 0 Å². The van der Waals surface area contributed by atoms with Gasteiger partial charge in [-0.15, -0.1) is 0 Å². The Balaban J connectivity index is 1.59. The van der Waals surface area contributed by atoms with Gasteiger partial charge in [-0.2, -0.15) is 10.2 Å². The number of methoxy groups -OCH3 is 1. The number of amides is 1. The number of imidazole rings is 1. The van der Waals surface area contributed by atoms with E-state index in [1.165, 1.54) is 19.0 Å². The molecule has 0 spiro atoms. The molecule has 1 aromatic carbocycles. The molecule has 0 aliphatic carbocycles. The van der Waals surface area contributed by atoms with Crippen molar-refractivity contribution >= 4 is 17.4 Å². The molecule has 1 N–H and O–H groups in total. The molecule has 1 fully saturated rings. The van der Waals surface area contributed by atoms with E-state index in [0.717, 1.165) is 39.7 Å². The highest BCUT2D eigenvalue weighted by atomic mass is 16.5. The largest absolute Gasteiger partial charge is 0.453 e. The van der Waals surface area contributed by atoms with E-state index in [1.807, 2.05) is 29.4 Å². The standard InChI is InChI=1S/C22H24N8O2/c1-13-5-7-15(8-6-13)19-17(9-24-28(19)3)18-20-21(23-12-25-30(20)14(2)26-18)29-10-16(11-29)27-22(31)32-4/h5-9,12,16H,10-11H2,1-4H3,(H,27,31). The summed E-state index contributed by atoms with van der Waals surface area (Å²) in [6, 6.07) is 8.37. The number of carbonyl (C=O) groups is 1. The second-order valence-corrected chi connectivity index (χ2v) is 7.99. The van der Waals surface area contributed by atoms with Crippen LogP contribution in [0.4, 0.5) is 10.6 Å². The lowest BCUT2D eigenvalue weighted by Crippen LogP contribution is -2.59. The molecule has 1 aliphatic heterocycles. The lowest BCUT2D eigenvalue weighted by Gasteiger charge is -2.40. The van der Waals surface area contributed by atoms with Gasteiger partial charge in [-0.3, -0.25) is 4.68 Å². The minimum atomic E-state index is -0.429. The van der Waals surface area contributed by atoms with Crippen LogP contribution in [0.15, 0.2) is 36.8 Å². The fourth-order valence-electron chi connectivity index (χ4n) is 4.11. The summed E-state index contributed by atoms with van der Waals surface area (Å²) in [5, 5.41) is 11.8. The molecule has 0 unspecified atom stereocenters. The molecule has 32 heavy (non-hydrogen) atoms. The maximum atomic E-state index is 11.5. The minimum absolute atomic E-state index is 0.00597. The number of fused-ring (bicyclic) bond motifs is 1. The molecule has 1 aliphatic rings. The minimum Gasteiger partial charge on any atom is -0.453 e. The van der Waals surface area contributed by atoms with Crippen molar-refractivity contribution in [2.45, 2.75) is 19.9 Å². The van der Waals surface area contributed by atoms with E-state index in [2.05, 4.69) is 56.6 Å². The summed E-state index contributed by atoms with van der Waals surface area (Å²) in [6.07, 6.45) is 2.94. The summed E-state index contributed by atoms with van der Waals surface area (Å²) in [5.74, 6) is 1.54. The van der Waals surface area contributed by atoms with E-state index in [9.17, 15) is 4.79 Å². The Morgan fingerprint density at radius 2 is 1.91 bits per heavy atom. The predicted molar refractivity (Wildman–Crippen MR) is 119 cm³/mol. The van der Waals surface area contributed by atoms with Gasteiger partial charge in [-0.25, -0.2) is 19.3 Å². The number of benzene rings is 1. The first-order valence-electron chi connectivity index (χ1n) is 10.4. The van der Waals surface area contributed by atoms with Crippen molar-refractivity contribution in [3.05, 3.63) is 48.2 Å². The molecule has 4 heterocycles. The second-order valence-electron chi connectivity index (χ2n) is 7.99. The highest BCUT2D eigenvalue weighted by Crippen LogP contribution is 2.37. The third-order valence-corrected chi connectivity index (χ3v) is 5.78. The number of anilines is 1. The number of carbonyl (C=O) groups excluding carboxylic acids is 1. The Bertz CT molecular complexity index is 1300. The number of nitrogens with one attached hydrogen (secondary N) is 1. The molecule has 1 amide bonds. The van der Waals surface area contributed by atoms with Crippen molar-refractivity contribution in [3.63, 3.8) is 0 Å². The number of hydrogen-bond acceptors (Lipinski definition) is 7. The van der Waals surface area contributed by atoms with Crippen LogP contribution in [0.25, 0.3) is 28.0 Å². The van der Waals surface area contributed by atoms with Crippen LogP contribution in [0.2, 0.25) is 0 Å². The zero-order chi connectivity index (χ0) is 22.4. The van der Waals surface area contributed by atoms with Gasteiger partial charge in [0.15, 0.2) is 5.82 Å². The Morgan fingerprint density at radius 1 is 1.16 bits per heavy atom. The molecule has 3 aromatic heterocycles. The van der Waals surface area contributed by atoms with Crippen molar-refractivity contribution in [2.24, 2.45) is 7.05 Å². The molecule has 0 saturated carbocycles. The first kappa shape index (κ1) is 20.0. The van der Waals surface area contributed by atoms with Crippen molar-refractivity contribution in [1.82, 2.24) is 34.7 Å². The molecule has 0 bridgehead atoms. The summed E-state index contributed by atoms with van der Waals surface area (Å²) >= 11 is 0. The van der Waals surface area contributed by atoms with Crippen LogP contribution in [-0.2, 0) is 11.8 Å². The maximum absolute atomic E-state index is 11.5. The van der Waals surface area contributed by atoms with Crippen LogP contribution in [0.1, 0.15) is 11.4 Å². The van der Waals surface area contributed by atoms with E-state index in [-0.39, 0.29) is 6.04 Å². The Kier molecular flexibility index (Phi) is 4.76. The number of alkyl carbamates (subject to hydrolysis) is 1. The summed E-state index contributed by atoms with van der Waals surface area (Å²) in [7, 11) is 3.29. The van der Waals surface area contributed by atoms with Crippen molar-refractivity contribution < 1.29 is 9.53 Å². The summed E-state index contributed by atoms with van der Waals surface area (Å²) in [5.41, 5.74) is 5.77. The highest BCUT2D eigenvalue weighted by Gasteiger charge is 2.32. The number of ether oxygens (including phenoxy) is 1. The van der Waals surface area contributed by atoms with Crippen LogP contribution < -0.4 is 10.2 Å². The Labute approximate surface area is 184 Å². The molecular weight excluding hydrogens is 408 g/mol. The van der Waals surface area contributed by atoms with Crippen LogP contribution in [0.5, 0.6) is 0 Å². The lowest BCUT2D eigenvalue weighted by atomic mass is 10.0. The molecule has 10 heteroatoms. The molecule has 0 atom stereocenters. The zero-order valence-corrected chi connectivity index (χ0v) is 18.4. The van der Waals surface area contributed by atoms with E-state index < -0.39 is 6.09 Å². The molecule has 10 nitrogen and oxygen atoms in total. The average Bonchev–Trinajstić information content (AvgIpc) is 3.31. The van der Waals surface area contributed by atoms with E-state index in [4.69, 9.17) is 9.72 Å². The van der Waals surface area contributed by atoms with Crippen LogP contribution in [0, 0.1) is 13.8 Å². The second kappa shape index (κ2) is 7.63. The first-order chi connectivity index (χ1) is 15.5. The van der Waals surface area contributed by atoms with Crippen LogP contribution >= 0.6 is 0 Å². The van der Waals surface area contributed by atoms with Crippen LogP contribution in [0.3, 0.4) is 0 Å². The third-order valence-electron chi connectivity index (χ3n) is 5.78. The lowest BCUT2D eigenvalue weighted by molar-refractivity contribution is 0.164. The normalized spacial score (nSPS) is 13.9. The van der Waals surface area contributed by atoms with Gasteiger partial charge < -0.3 is 15.0 Å². The van der Waals surface area contributed by atoms with Gasteiger partial charge in [0.1, 0.15) is 23.4 Å². The maximum Gasteiger partial charge on any atom is 0.407 e. The molecule has 0 radical (unpaired) electrons. The number of hydrogen-bond donors (Lipinski definition) is 1. The van der Waals surface area contributed by atoms with Crippen molar-refractivity contribution in [3.8, 4) is 22.5 Å². The molecule has 1 saturated heterocycles. The number of rotatable bonds is 4. The smallest absolute Gasteiger partial charge is 0.407 e.